The molecule has 2 aliphatic rings. The van der Waals surface area contributed by atoms with E-state index in [-0.39, 0.29) is 0 Å². The average molecular weight is 253 g/mol. The molecule has 2 saturated heterocycles. The Hall–Kier alpha value is -0.120. The maximum atomic E-state index is 3.58. The summed E-state index contributed by atoms with van der Waals surface area (Å²) < 4.78 is 0. The fraction of sp³-hybridized carbons (Fsp3) is 1.00. The van der Waals surface area contributed by atoms with Crippen LogP contribution < -0.4 is 5.32 Å². The van der Waals surface area contributed by atoms with Gasteiger partial charge in [0.05, 0.1) is 0 Å². The molecule has 0 amide bonds. The van der Waals surface area contributed by atoms with Crippen molar-refractivity contribution in [3.63, 3.8) is 0 Å². The first-order valence-electron chi connectivity index (χ1n) is 7.82. The van der Waals surface area contributed by atoms with Gasteiger partial charge in [0.2, 0.25) is 0 Å². The minimum atomic E-state index is 0.763. The van der Waals surface area contributed by atoms with Crippen LogP contribution >= 0.6 is 0 Å². The van der Waals surface area contributed by atoms with E-state index < -0.39 is 0 Å². The number of nitrogens with one attached hydrogen (secondary N) is 1. The van der Waals surface area contributed by atoms with Gasteiger partial charge in [-0.3, -0.25) is 4.90 Å². The van der Waals surface area contributed by atoms with Crippen molar-refractivity contribution in [2.75, 3.05) is 45.8 Å². The number of nitrogens with zero attached hydrogens (tertiary/aromatic N) is 2. The summed E-state index contributed by atoms with van der Waals surface area (Å²) >= 11 is 0. The average Bonchev–Trinajstić information content (AvgIpc) is 2.75. The zero-order valence-electron chi connectivity index (χ0n) is 12.5. The molecule has 18 heavy (non-hydrogen) atoms. The standard InChI is InChI=1S/C15H31N3/c1-13(2)9-16-10-14(3)11-17-7-8-18-6-4-5-15(18)12-17/h13-16H,4-12H2,1-3H3. The van der Waals surface area contributed by atoms with Crippen molar-refractivity contribution in [1.82, 2.24) is 15.1 Å². The monoisotopic (exact) mass is 253 g/mol. The van der Waals surface area contributed by atoms with Gasteiger partial charge in [-0.25, -0.2) is 0 Å². The summed E-state index contributed by atoms with van der Waals surface area (Å²) in [5, 5.41) is 3.58. The zero-order valence-corrected chi connectivity index (χ0v) is 12.5. The third kappa shape index (κ3) is 4.22. The normalized spacial score (nSPS) is 27.7. The van der Waals surface area contributed by atoms with Crippen LogP contribution in [0.15, 0.2) is 0 Å². The van der Waals surface area contributed by atoms with E-state index in [1.807, 2.05) is 0 Å². The first-order chi connectivity index (χ1) is 8.65. The van der Waals surface area contributed by atoms with Crippen molar-refractivity contribution in [3.05, 3.63) is 0 Å². The van der Waals surface area contributed by atoms with Gasteiger partial charge >= 0.3 is 0 Å². The molecular weight excluding hydrogens is 222 g/mol. The Morgan fingerprint density at radius 3 is 2.72 bits per heavy atom. The second kappa shape index (κ2) is 6.88. The Labute approximate surface area is 113 Å². The summed E-state index contributed by atoms with van der Waals surface area (Å²) in [4.78, 5) is 5.38. The smallest absolute Gasteiger partial charge is 0.0224 e. The van der Waals surface area contributed by atoms with Gasteiger partial charge in [0, 0.05) is 32.2 Å². The van der Waals surface area contributed by atoms with Crippen molar-refractivity contribution in [3.8, 4) is 0 Å². The molecule has 2 heterocycles. The second-order valence-corrected chi connectivity index (χ2v) is 6.75. The highest BCUT2D eigenvalue weighted by atomic mass is 15.3. The number of hydrogen-bond acceptors (Lipinski definition) is 3. The summed E-state index contributed by atoms with van der Waals surface area (Å²) in [6, 6.07) is 0.870. The van der Waals surface area contributed by atoms with Crippen LogP contribution in [0.5, 0.6) is 0 Å². The Kier molecular flexibility index (Phi) is 5.46. The molecule has 0 saturated carbocycles. The van der Waals surface area contributed by atoms with Crippen LogP contribution in [-0.2, 0) is 0 Å². The fourth-order valence-electron chi connectivity index (χ4n) is 3.35. The van der Waals surface area contributed by atoms with E-state index >= 15 is 0 Å². The second-order valence-electron chi connectivity index (χ2n) is 6.75. The molecule has 0 bridgehead atoms. The Balaban J connectivity index is 1.63. The maximum absolute atomic E-state index is 3.58. The van der Waals surface area contributed by atoms with E-state index in [1.54, 1.807) is 0 Å². The summed E-state index contributed by atoms with van der Waals surface area (Å²) in [6.45, 7) is 15.8. The molecule has 0 aromatic carbocycles. The summed E-state index contributed by atoms with van der Waals surface area (Å²) in [7, 11) is 0. The lowest BCUT2D eigenvalue weighted by atomic mass is 10.1. The van der Waals surface area contributed by atoms with Crippen molar-refractivity contribution < 1.29 is 0 Å². The van der Waals surface area contributed by atoms with Gasteiger partial charge in [0.15, 0.2) is 0 Å². The van der Waals surface area contributed by atoms with E-state index in [0.717, 1.165) is 24.4 Å². The highest BCUT2D eigenvalue weighted by Gasteiger charge is 2.30. The molecule has 1 N–H and O–H groups in total. The quantitative estimate of drug-likeness (QED) is 0.776. The fourth-order valence-corrected chi connectivity index (χ4v) is 3.35. The van der Waals surface area contributed by atoms with Crippen molar-refractivity contribution >= 4 is 0 Å². The van der Waals surface area contributed by atoms with E-state index in [1.165, 1.54) is 52.1 Å². The number of hydrogen-bond donors (Lipinski definition) is 1. The summed E-state index contributed by atoms with van der Waals surface area (Å²) in [5.74, 6) is 1.54. The number of piperazine rings is 1. The van der Waals surface area contributed by atoms with Crippen LogP contribution in [-0.4, -0.2) is 61.7 Å². The SMILES string of the molecule is CC(C)CNCC(C)CN1CCN2CCCC2C1. The van der Waals surface area contributed by atoms with Gasteiger partial charge < -0.3 is 10.2 Å². The summed E-state index contributed by atoms with van der Waals surface area (Å²) in [6.07, 6.45) is 2.85. The Bertz CT molecular complexity index is 242. The molecule has 2 rings (SSSR count). The first kappa shape index (κ1) is 14.3. The summed E-state index contributed by atoms with van der Waals surface area (Å²) in [5.41, 5.74) is 0. The minimum absolute atomic E-state index is 0.763. The van der Waals surface area contributed by atoms with Crippen LogP contribution in [0.25, 0.3) is 0 Å². The number of rotatable bonds is 6. The Morgan fingerprint density at radius 1 is 1.11 bits per heavy atom. The lowest BCUT2D eigenvalue weighted by Crippen LogP contribution is -2.51. The van der Waals surface area contributed by atoms with Crippen molar-refractivity contribution in [1.29, 1.82) is 0 Å². The molecule has 3 heteroatoms. The molecule has 106 valence electrons. The van der Waals surface area contributed by atoms with Crippen molar-refractivity contribution in [2.24, 2.45) is 11.8 Å². The molecule has 2 unspecified atom stereocenters. The van der Waals surface area contributed by atoms with E-state index in [0.29, 0.717) is 0 Å². The van der Waals surface area contributed by atoms with Crippen LogP contribution in [0.4, 0.5) is 0 Å². The van der Waals surface area contributed by atoms with E-state index in [2.05, 4.69) is 35.9 Å². The zero-order chi connectivity index (χ0) is 13.0. The molecule has 0 radical (unpaired) electrons. The first-order valence-corrected chi connectivity index (χ1v) is 7.82. The molecule has 2 atom stereocenters. The van der Waals surface area contributed by atoms with Crippen LogP contribution in [0, 0.1) is 11.8 Å². The van der Waals surface area contributed by atoms with E-state index in [9.17, 15) is 0 Å². The molecule has 2 aliphatic heterocycles. The van der Waals surface area contributed by atoms with Crippen LogP contribution in [0.2, 0.25) is 0 Å². The van der Waals surface area contributed by atoms with Gasteiger partial charge in [-0.05, 0) is 44.3 Å². The molecule has 0 aromatic heterocycles. The third-order valence-electron chi connectivity index (χ3n) is 4.29. The van der Waals surface area contributed by atoms with Gasteiger partial charge in [-0.2, -0.15) is 0 Å². The van der Waals surface area contributed by atoms with Crippen LogP contribution in [0.1, 0.15) is 33.6 Å². The van der Waals surface area contributed by atoms with Gasteiger partial charge in [-0.1, -0.05) is 20.8 Å². The largest absolute Gasteiger partial charge is 0.316 e. The molecular formula is C15H31N3. The molecule has 3 nitrogen and oxygen atoms in total. The molecule has 0 aliphatic carbocycles. The van der Waals surface area contributed by atoms with Gasteiger partial charge in [0.1, 0.15) is 0 Å². The highest BCUT2D eigenvalue weighted by molar-refractivity contribution is 4.87. The topological polar surface area (TPSA) is 18.5 Å². The van der Waals surface area contributed by atoms with Crippen LogP contribution in [0.3, 0.4) is 0 Å². The number of fused-ring (bicyclic) bond motifs is 1. The van der Waals surface area contributed by atoms with E-state index in [4.69, 9.17) is 0 Å². The maximum Gasteiger partial charge on any atom is 0.0224 e. The van der Waals surface area contributed by atoms with Crippen molar-refractivity contribution in [2.45, 2.75) is 39.7 Å². The molecule has 0 spiro atoms. The lowest BCUT2D eigenvalue weighted by molar-refractivity contribution is 0.0935. The predicted molar refractivity (Wildman–Crippen MR) is 77.9 cm³/mol. The van der Waals surface area contributed by atoms with Gasteiger partial charge in [0.25, 0.3) is 0 Å². The Morgan fingerprint density at radius 2 is 1.94 bits per heavy atom. The predicted octanol–water partition coefficient (Wildman–Crippen LogP) is 1.65. The molecule has 0 aromatic rings. The third-order valence-corrected chi connectivity index (χ3v) is 4.29. The highest BCUT2D eigenvalue weighted by Crippen LogP contribution is 2.21. The minimum Gasteiger partial charge on any atom is -0.316 e. The lowest BCUT2D eigenvalue weighted by Gasteiger charge is -2.38. The van der Waals surface area contributed by atoms with Gasteiger partial charge in [-0.15, -0.1) is 0 Å². The molecule has 2 fully saturated rings.